The Labute approximate surface area is 177 Å². The number of rotatable bonds is 6. The van der Waals surface area contributed by atoms with Gasteiger partial charge in [-0.15, -0.1) is 0 Å². The Morgan fingerprint density at radius 2 is 1.63 bits per heavy atom. The molecule has 2 aromatic carbocycles. The number of para-hydroxylation sites is 1. The number of piperidine rings is 1. The summed E-state index contributed by atoms with van der Waals surface area (Å²) in [6.45, 7) is 2.44. The van der Waals surface area contributed by atoms with Gasteiger partial charge in [0.1, 0.15) is 0 Å². The Bertz CT molecular complexity index is 983. The Kier molecular flexibility index (Phi) is 6.89. The van der Waals surface area contributed by atoms with Crippen molar-refractivity contribution in [2.24, 2.45) is 5.92 Å². The topological polar surface area (TPSA) is 86.8 Å². The van der Waals surface area contributed by atoms with Crippen molar-refractivity contribution >= 4 is 27.5 Å². The van der Waals surface area contributed by atoms with Gasteiger partial charge in [-0.25, -0.2) is 8.42 Å². The molecular formula is C22H27N3O4S. The largest absolute Gasteiger partial charge is 0.336 e. The second kappa shape index (κ2) is 9.40. The standard InChI is InChI=1S/C22H27N3O4S/c1-17-8-10-20(11-9-17)30(28,29)25-14-12-18(13-15-25)22(27)24(2)16-21(26)23-19-6-4-3-5-7-19/h3-11,18H,12-16H2,1-2H3,(H,23,26). The highest BCUT2D eigenvalue weighted by Gasteiger charge is 2.33. The number of likely N-dealkylation sites (N-methyl/N-ethyl adjacent to an activating group) is 1. The van der Waals surface area contributed by atoms with E-state index in [1.165, 1.54) is 9.21 Å². The molecule has 8 heteroatoms. The number of anilines is 1. The van der Waals surface area contributed by atoms with Gasteiger partial charge in [-0.1, -0.05) is 35.9 Å². The molecule has 1 aliphatic rings. The monoisotopic (exact) mass is 429 g/mol. The predicted molar refractivity (Wildman–Crippen MR) is 115 cm³/mol. The highest BCUT2D eigenvalue weighted by atomic mass is 32.2. The van der Waals surface area contributed by atoms with Crippen LogP contribution in [0.25, 0.3) is 0 Å². The summed E-state index contributed by atoms with van der Waals surface area (Å²) in [4.78, 5) is 26.6. The summed E-state index contributed by atoms with van der Waals surface area (Å²) in [6.07, 6.45) is 0.878. The first-order valence-corrected chi connectivity index (χ1v) is 11.4. The second-order valence-electron chi connectivity index (χ2n) is 7.60. The molecule has 0 aliphatic carbocycles. The quantitative estimate of drug-likeness (QED) is 0.764. The zero-order chi connectivity index (χ0) is 21.7. The fraction of sp³-hybridized carbons (Fsp3) is 0.364. The number of hydrogen-bond donors (Lipinski definition) is 1. The van der Waals surface area contributed by atoms with Gasteiger partial charge in [0.2, 0.25) is 21.8 Å². The van der Waals surface area contributed by atoms with Crippen molar-refractivity contribution in [3.8, 4) is 0 Å². The highest BCUT2D eigenvalue weighted by Crippen LogP contribution is 2.25. The summed E-state index contributed by atoms with van der Waals surface area (Å²) in [6, 6.07) is 15.8. The molecule has 0 saturated carbocycles. The number of nitrogens with one attached hydrogen (secondary N) is 1. The molecule has 1 saturated heterocycles. The van der Waals surface area contributed by atoms with E-state index in [-0.39, 0.29) is 42.3 Å². The van der Waals surface area contributed by atoms with Crippen LogP contribution < -0.4 is 5.32 Å². The van der Waals surface area contributed by atoms with Crippen molar-refractivity contribution < 1.29 is 18.0 Å². The van der Waals surface area contributed by atoms with Gasteiger partial charge in [-0.3, -0.25) is 9.59 Å². The first-order valence-electron chi connectivity index (χ1n) is 9.94. The maximum Gasteiger partial charge on any atom is 0.243 e. The Morgan fingerprint density at radius 1 is 1.03 bits per heavy atom. The van der Waals surface area contributed by atoms with Gasteiger partial charge in [0.25, 0.3) is 0 Å². The number of aryl methyl sites for hydroxylation is 1. The van der Waals surface area contributed by atoms with Crippen LogP contribution in [0.4, 0.5) is 5.69 Å². The van der Waals surface area contributed by atoms with E-state index in [0.29, 0.717) is 18.5 Å². The zero-order valence-electron chi connectivity index (χ0n) is 17.2. The van der Waals surface area contributed by atoms with Crippen LogP contribution in [0.1, 0.15) is 18.4 Å². The summed E-state index contributed by atoms with van der Waals surface area (Å²) in [7, 11) is -1.96. The highest BCUT2D eigenvalue weighted by molar-refractivity contribution is 7.89. The molecule has 0 bridgehead atoms. The van der Waals surface area contributed by atoms with Crippen LogP contribution in [0, 0.1) is 12.8 Å². The van der Waals surface area contributed by atoms with Gasteiger partial charge in [-0.05, 0) is 44.0 Å². The van der Waals surface area contributed by atoms with Crippen LogP contribution in [-0.4, -0.2) is 56.1 Å². The molecule has 0 spiro atoms. The van der Waals surface area contributed by atoms with Crippen molar-refractivity contribution in [1.82, 2.24) is 9.21 Å². The number of amides is 2. The van der Waals surface area contributed by atoms with Crippen LogP contribution in [-0.2, 0) is 19.6 Å². The van der Waals surface area contributed by atoms with Gasteiger partial charge in [0.05, 0.1) is 11.4 Å². The van der Waals surface area contributed by atoms with E-state index in [1.54, 1.807) is 43.4 Å². The van der Waals surface area contributed by atoms with Crippen molar-refractivity contribution in [2.45, 2.75) is 24.7 Å². The lowest BCUT2D eigenvalue weighted by Gasteiger charge is -2.32. The first kappa shape index (κ1) is 22.0. The maximum absolute atomic E-state index is 12.8. The van der Waals surface area contributed by atoms with Crippen LogP contribution in [0.5, 0.6) is 0 Å². The molecule has 1 N–H and O–H groups in total. The first-order chi connectivity index (χ1) is 14.3. The molecule has 2 aromatic rings. The molecule has 0 atom stereocenters. The molecule has 0 unspecified atom stereocenters. The molecule has 3 rings (SSSR count). The zero-order valence-corrected chi connectivity index (χ0v) is 18.1. The summed E-state index contributed by atoms with van der Waals surface area (Å²) >= 11 is 0. The molecule has 1 heterocycles. The van der Waals surface area contributed by atoms with Gasteiger partial charge < -0.3 is 10.2 Å². The minimum absolute atomic E-state index is 0.0460. The third kappa shape index (κ3) is 5.25. The van der Waals surface area contributed by atoms with Crippen molar-refractivity contribution in [1.29, 1.82) is 0 Å². The van der Waals surface area contributed by atoms with Crippen LogP contribution >= 0.6 is 0 Å². The van der Waals surface area contributed by atoms with Gasteiger partial charge in [0.15, 0.2) is 0 Å². The molecule has 0 radical (unpaired) electrons. The van der Waals surface area contributed by atoms with Gasteiger partial charge in [-0.2, -0.15) is 4.31 Å². The SMILES string of the molecule is Cc1ccc(S(=O)(=O)N2CCC(C(=O)N(C)CC(=O)Nc3ccccc3)CC2)cc1. The smallest absolute Gasteiger partial charge is 0.243 e. The lowest BCUT2D eigenvalue weighted by atomic mass is 9.96. The lowest BCUT2D eigenvalue weighted by Crippen LogP contribution is -2.45. The van der Waals surface area contributed by atoms with E-state index in [2.05, 4.69) is 5.32 Å². The summed E-state index contributed by atoms with van der Waals surface area (Å²) in [5.41, 5.74) is 1.68. The minimum atomic E-state index is -3.56. The molecule has 1 fully saturated rings. The minimum Gasteiger partial charge on any atom is -0.336 e. The third-order valence-electron chi connectivity index (χ3n) is 5.28. The average molecular weight is 430 g/mol. The third-order valence-corrected chi connectivity index (χ3v) is 7.19. The van der Waals surface area contributed by atoms with Gasteiger partial charge in [0, 0.05) is 31.7 Å². The van der Waals surface area contributed by atoms with Crippen LogP contribution in [0.2, 0.25) is 0 Å². The lowest BCUT2D eigenvalue weighted by molar-refractivity contribution is -0.138. The fourth-order valence-electron chi connectivity index (χ4n) is 3.53. The summed E-state index contributed by atoms with van der Waals surface area (Å²) in [5, 5.41) is 2.76. The van der Waals surface area contributed by atoms with Gasteiger partial charge >= 0.3 is 0 Å². The van der Waals surface area contributed by atoms with Crippen molar-refractivity contribution in [2.75, 3.05) is 32.0 Å². The van der Waals surface area contributed by atoms with E-state index >= 15 is 0 Å². The average Bonchev–Trinajstić information content (AvgIpc) is 2.74. The molecule has 7 nitrogen and oxygen atoms in total. The van der Waals surface area contributed by atoms with Crippen LogP contribution in [0.3, 0.4) is 0 Å². The van der Waals surface area contributed by atoms with E-state index in [1.807, 2.05) is 25.1 Å². The summed E-state index contributed by atoms with van der Waals surface area (Å²) < 4.78 is 27.0. The number of nitrogens with zero attached hydrogens (tertiary/aromatic N) is 2. The van der Waals surface area contributed by atoms with E-state index in [9.17, 15) is 18.0 Å². The van der Waals surface area contributed by atoms with Crippen LogP contribution in [0.15, 0.2) is 59.5 Å². The molecular weight excluding hydrogens is 402 g/mol. The number of carbonyl (C=O) groups excluding carboxylic acids is 2. The van der Waals surface area contributed by atoms with E-state index < -0.39 is 10.0 Å². The predicted octanol–water partition coefficient (Wildman–Crippen LogP) is 2.49. The summed E-state index contributed by atoms with van der Waals surface area (Å²) in [5.74, 6) is -0.689. The molecule has 160 valence electrons. The van der Waals surface area contributed by atoms with Crippen molar-refractivity contribution in [3.05, 3.63) is 60.2 Å². The molecule has 1 aliphatic heterocycles. The number of carbonyl (C=O) groups is 2. The second-order valence-corrected chi connectivity index (χ2v) is 9.54. The number of sulfonamides is 1. The Balaban J connectivity index is 1.53. The number of hydrogen-bond acceptors (Lipinski definition) is 4. The van der Waals surface area contributed by atoms with E-state index in [0.717, 1.165) is 5.56 Å². The Morgan fingerprint density at radius 3 is 2.23 bits per heavy atom. The number of benzene rings is 2. The fourth-order valence-corrected chi connectivity index (χ4v) is 5.00. The van der Waals surface area contributed by atoms with E-state index in [4.69, 9.17) is 0 Å². The molecule has 30 heavy (non-hydrogen) atoms. The normalized spacial score (nSPS) is 15.5. The maximum atomic E-state index is 12.8. The Hall–Kier alpha value is -2.71. The molecule has 2 amide bonds. The molecule has 0 aromatic heterocycles. The van der Waals surface area contributed by atoms with Crippen molar-refractivity contribution in [3.63, 3.8) is 0 Å².